The molecule has 0 unspecified atom stereocenters. The van der Waals surface area contributed by atoms with Crippen molar-refractivity contribution in [2.24, 2.45) is 0 Å². The second-order valence-electron chi connectivity index (χ2n) is 3.84. The van der Waals surface area contributed by atoms with Gasteiger partial charge < -0.3 is 9.30 Å². The van der Waals surface area contributed by atoms with Crippen molar-refractivity contribution in [1.82, 2.24) is 14.5 Å². The quantitative estimate of drug-likeness (QED) is 0.802. The Morgan fingerprint density at radius 1 is 1.25 bits per heavy atom. The van der Waals surface area contributed by atoms with E-state index in [9.17, 15) is 0 Å². The Morgan fingerprint density at radius 2 is 2.12 bits per heavy atom. The molecule has 0 aliphatic carbocycles. The summed E-state index contributed by atoms with van der Waals surface area (Å²) in [4.78, 5) is 8.72. The van der Waals surface area contributed by atoms with Crippen LogP contribution in [0.2, 0.25) is 0 Å². The van der Waals surface area contributed by atoms with Gasteiger partial charge >= 0.3 is 0 Å². The molecule has 1 fully saturated rings. The van der Waals surface area contributed by atoms with Gasteiger partial charge in [0.05, 0.1) is 0 Å². The van der Waals surface area contributed by atoms with Crippen LogP contribution in [0.3, 0.4) is 0 Å². The van der Waals surface area contributed by atoms with Crippen molar-refractivity contribution >= 4 is 11.3 Å². The maximum atomic E-state index is 5.38. The average molecular weight is 235 g/mol. The topological polar surface area (TPSA) is 39.9 Å². The first-order valence-corrected chi connectivity index (χ1v) is 6.33. The monoisotopic (exact) mass is 235 g/mol. The smallest absolute Gasteiger partial charge is 0.169 e. The molecule has 0 saturated carbocycles. The van der Waals surface area contributed by atoms with Gasteiger partial charge in [-0.3, -0.25) is 0 Å². The van der Waals surface area contributed by atoms with Crippen LogP contribution in [-0.4, -0.2) is 27.7 Å². The van der Waals surface area contributed by atoms with E-state index in [1.807, 2.05) is 24.0 Å². The molecule has 0 radical (unpaired) electrons. The Balaban J connectivity index is 1.92. The number of hydrogen-bond acceptors (Lipinski definition) is 4. The van der Waals surface area contributed by atoms with Crippen LogP contribution in [0, 0.1) is 0 Å². The summed E-state index contributed by atoms with van der Waals surface area (Å²) in [5.74, 6) is 0.988. The zero-order valence-corrected chi connectivity index (χ0v) is 9.69. The van der Waals surface area contributed by atoms with Crippen molar-refractivity contribution in [1.29, 1.82) is 0 Å². The van der Waals surface area contributed by atoms with Crippen LogP contribution in [0.25, 0.3) is 10.8 Å². The first kappa shape index (κ1) is 9.99. The third kappa shape index (κ3) is 1.76. The van der Waals surface area contributed by atoms with Gasteiger partial charge in [-0.1, -0.05) is 0 Å². The SMILES string of the molecule is c1csc(-c2nccn2C2CCOCC2)n1. The molecule has 0 bridgehead atoms. The fraction of sp³-hybridized carbons (Fsp3) is 0.455. The summed E-state index contributed by atoms with van der Waals surface area (Å²) in [5.41, 5.74) is 0. The molecule has 0 aromatic carbocycles. The van der Waals surface area contributed by atoms with Gasteiger partial charge in [0, 0.05) is 43.2 Å². The number of imidazole rings is 1. The third-order valence-corrected chi connectivity index (χ3v) is 3.65. The molecule has 3 heterocycles. The van der Waals surface area contributed by atoms with Crippen LogP contribution < -0.4 is 0 Å². The zero-order valence-electron chi connectivity index (χ0n) is 8.87. The van der Waals surface area contributed by atoms with Gasteiger partial charge in [0.15, 0.2) is 10.8 Å². The van der Waals surface area contributed by atoms with Gasteiger partial charge in [0.2, 0.25) is 0 Å². The Kier molecular flexibility index (Phi) is 2.71. The van der Waals surface area contributed by atoms with E-state index in [1.165, 1.54) is 0 Å². The minimum atomic E-state index is 0.509. The summed E-state index contributed by atoms with van der Waals surface area (Å²) < 4.78 is 7.62. The van der Waals surface area contributed by atoms with Crippen LogP contribution in [-0.2, 0) is 4.74 Å². The number of ether oxygens (including phenoxy) is 1. The number of rotatable bonds is 2. The predicted octanol–water partition coefficient (Wildman–Crippen LogP) is 2.36. The predicted molar refractivity (Wildman–Crippen MR) is 62.4 cm³/mol. The van der Waals surface area contributed by atoms with Gasteiger partial charge in [-0.15, -0.1) is 11.3 Å². The number of hydrogen-bond donors (Lipinski definition) is 0. The molecule has 0 amide bonds. The Bertz CT molecular complexity index is 446. The van der Waals surface area contributed by atoms with Crippen LogP contribution >= 0.6 is 11.3 Å². The molecular weight excluding hydrogens is 222 g/mol. The molecule has 84 valence electrons. The average Bonchev–Trinajstić information content (AvgIpc) is 3.01. The first-order chi connectivity index (χ1) is 7.95. The van der Waals surface area contributed by atoms with Gasteiger partial charge in [-0.2, -0.15) is 0 Å². The molecule has 1 saturated heterocycles. The molecule has 2 aromatic rings. The highest BCUT2D eigenvalue weighted by atomic mass is 32.1. The number of thiazole rings is 1. The lowest BCUT2D eigenvalue weighted by atomic mass is 10.1. The van der Waals surface area contributed by atoms with Crippen molar-refractivity contribution in [2.75, 3.05) is 13.2 Å². The third-order valence-electron chi connectivity index (χ3n) is 2.88. The van der Waals surface area contributed by atoms with Gasteiger partial charge in [0.1, 0.15) is 0 Å². The molecule has 5 heteroatoms. The van der Waals surface area contributed by atoms with Crippen molar-refractivity contribution < 1.29 is 4.74 Å². The van der Waals surface area contributed by atoms with Crippen LogP contribution in [0.4, 0.5) is 0 Å². The van der Waals surface area contributed by atoms with E-state index >= 15 is 0 Å². The van der Waals surface area contributed by atoms with E-state index in [0.29, 0.717) is 6.04 Å². The van der Waals surface area contributed by atoms with Crippen molar-refractivity contribution in [3.8, 4) is 10.8 Å². The minimum absolute atomic E-state index is 0.509. The molecule has 3 rings (SSSR count). The molecular formula is C11H13N3OS. The van der Waals surface area contributed by atoms with Crippen molar-refractivity contribution in [2.45, 2.75) is 18.9 Å². The molecule has 0 N–H and O–H groups in total. The van der Waals surface area contributed by atoms with Crippen molar-refractivity contribution in [3.05, 3.63) is 24.0 Å². The highest BCUT2D eigenvalue weighted by Gasteiger charge is 2.19. The van der Waals surface area contributed by atoms with E-state index in [-0.39, 0.29) is 0 Å². The standard InChI is InChI=1S/C11H13N3OS/c1-6-15-7-2-9(1)14-5-3-12-10(14)11-13-4-8-16-11/h3-5,8-9H,1-2,6-7H2. The second kappa shape index (κ2) is 4.35. The van der Waals surface area contributed by atoms with Gasteiger partial charge in [-0.05, 0) is 12.8 Å². The summed E-state index contributed by atoms with van der Waals surface area (Å²) in [5, 5.41) is 2.98. The highest BCUT2D eigenvalue weighted by molar-refractivity contribution is 7.13. The van der Waals surface area contributed by atoms with Gasteiger partial charge in [0.25, 0.3) is 0 Å². The largest absolute Gasteiger partial charge is 0.381 e. The van der Waals surface area contributed by atoms with Crippen LogP contribution in [0.1, 0.15) is 18.9 Å². The van der Waals surface area contributed by atoms with E-state index in [0.717, 1.165) is 36.9 Å². The molecule has 1 aliphatic rings. The number of nitrogens with zero attached hydrogens (tertiary/aromatic N) is 3. The van der Waals surface area contributed by atoms with Crippen LogP contribution in [0.5, 0.6) is 0 Å². The van der Waals surface area contributed by atoms with E-state index in [1.54, 1.807) is 11.3 Å². The molecule has 1 aliphatic heterocycles. The molecule has 16 heavy (non-hydrogen) atoms. The fourth-order valence-electron chi connectivity index (χ4n) is 2.07. The Labute approximate surface area is 97.9 Å². The molecule has 4 nitrogen and oxygen atoms in total. The van der Waals surface area contributed by atoms with E-state index in [4.69, 9.17) is 4.74 Å². The maximum Gasteiger partial charge on any atom is 0.169 e. The van der Waals surface area contributed by atoms with Gasteiger partial charge in [-0.25, -0.2) is 9.97 Å². The Morgan fingerprint density at radius 3 is 2.88 bits per heavy atom. The zero-order chi connectivity index (χ0) is 10.8. The maximum absolute atomic E-state index is 5.38. The molecule has 0 spiro atoms. The lowest BCUT2D eigenvalue weighted by Crippen LogP contribution is -2.19. The summed E-state index contributed by atoms with van der Waals surface area (Å²) in [6, 6.07) is 0.509. The minimum Gasteiger partial charge on any atom is -0.381 e. The van der Waals surface area contributed by atoms with E-state index < -0.39 is 0 Å². The Hall–Kier alpha value is -1.20. The summed E-state index contributed by atoms with van der Waals surface area (Å²) in [7, 11) is 0. The summed E-state index contributed by atoms with van der Waals surface area (Å²) in [6.45, 7) is 1.69. The van der Waals surface area contributed by atoms with Crippen LogP contribution in [0.15, 0.2) is 24.0 Å². The first-order valence-electron chi connectivity index (χ1n) is 5.45. The number of aromatic nitrogens is 3. The molecule has 0 atom stereocenters. The highest BCUT2D eigenvalue weighted by Crippen LogP contribution is 2.27. The fourth-order valence-corrected chi connectivity index (χ4v) is 2.71. The second-order valence-corrected chi connectivity index (χ2v) is 4.73. The summed E-state index contributed by atoms with van der Waals surface area (Å²) >= 11 is 1.63. The van der Waals surface area contributed by atoms with E-state index in [2.05, 4.69) is 14.5 Å². The summed E-state index contributed by atoms with van der Waals surface area (Å²) in [6.07, 6.45) is 7.85. The lowest BCUT2D eigenvalue weighted by molar-refractivity contribution is 0.0700. The normalized spacial score (nSPS) is 17.8. The lowest BCUT2D eigenvalue weighted by Gasteiger charge is -2.24. The van der Waals surface area contributed by atoms with Crippen molar-refractivity contribution in [3.63, 3.8) is 0 Å². The molecule has 2 aromatic heterocycles.